The summed E-state index contributed by atoms with van der Waals surface area (Å²) in [6.45, 7) is 5.39. The van der Waals surface area contributed by atoms with Gasteiger partial charge < -0.3 is 14.2 Å². The summed E-state index contributed by atoms with van der Waals surface area (Å²) in [7, 11) is -3.88. The number of amides is 1. The summed E-state index contributed by atoms with van der Waals surface area (Å²) in [6.07, 6.45) is 2.99. The van der Waals surface area contributed by atoms with Crippen LogP contribution in [-0.4, -0.2) is 48.0 Å². The average molecular weight is 532 g/mol. The molecule has 3 aromatic rings. The molecule has 2 aromatic carbocycles. The van der Waals surface area contributed by atoms with E-state index in [1.54, 1.807) is 9.47 Å². The lowest BCUT2D eigenvalue weighted by Crippen LogP contribution is -2.35. The van der Waals surface area contributed by atoms with E-state index in [0.29, 0.717) is 30.0 Å². The Hall–Kier alpha value is -3.11. The Bertz CT molecular complexity index is 1320. The Labute approximate surface area is 216 Å². The number of hydrogen-bond donors (Lipinski definition) is 0. The van der Waals surface area contributed by atoms with E-state index in [-0.39, 0.29) is 41.9 Å². The summed E-state index contributed by atoms with van der Waals surface area (Å²) in [5.74, 6) is -1.36. The lowest BCUT2D eigenvalue weighted by atomic mass is 10.1. The lowest BCUT2D eigenvalue weighted by Gasteiger charge is -2.26. The van der Waals surface area contributed by atoms with E-state index in [0.717, 1.165) is 12.8 Å². The number of benzene rings is 2. The predicted molar refractivity (Wildman–Crippen MR) is 134 cm³/mol. The summed E-state index contributed by atoms with van der Waals surface area (Å²) in [5, 5.41) is -0.110. The smallest absolute Gasteiger partial charge is 0.254 e. The van der Waals surface area contributed by atoms with Crippen molar-refractivity contribution in [3.63, 3.8) is 0 Å². The molecular formula is C27H31F2N3O4S. The van der Waals surface area contributed by atoms with Crippen molar-refractivity contribution in [1.29, 1.82) is 0 Å². The number of carbonyl (C=O) groups is 1. The van der Waals surface area contributed by atoms with Gasteiger partial charge in [-0.15, -0.1) is 0 Å². The summed E-state index contributed by atoms with van der Waals surface area (Å²) < 4.78 is 61.0. The van der Waals surface area contributed by atoms with E-state index < -0.39 is 21.5 Å². The summed E-state index contributed by atoms with van der Waals surface area (Å²) in [4.78, 5) is 19.2. The van der Waals surface area contributed by atoms with Crippen molar-refractivity contribution in [2.24, 2.45) is 5.92 Å². The van der Waals surface area contributed by atoms with Gasteiger partial charge in [0.05, 0.1) is 36.8 Å². The first-order valence-corrected chi connectivity index (χ1v) is 14.0. The van der Waals surface area contributed by atoms with Crippen LogP contribution in [0, 0.1) is 17.6 Å². The predicted octanol–water partition coefficient (Wildman–Crippen LogP) is 4.61. The molecule has 0 saturated carbocycles. The lowest BCUT2D eigenvalue weighted by molar-refractivity contribution is 0.0711. The van der Waals surface area contributed by atoms with Crippen LogP contribution in [0.2, 0.25) is 0 Å². The fourth-order valence-electron chi connectivity index (χ4n) is 4.45. The van der Waals surface area contributed by atoms with E-state index in [2.05, 4.69) is 4.98 Å². The Morgan fingerprint density at radius 2 is 1.76 bits per heavy atom. The van der Waals surface area contributed by atoms with Gasteiger partial charge in [-0.3, -0.25) is 4.79 Å². The first-order valence-electron chi connectivity index (χ1n) is 12.3. The number of carbonyl (C=O) groups excluding carboxylic acids is 1. The Morgan fingerprint density at radius 1 is 1.11 bits per heavy atom. The minimum atomic E-state index is -3.88. The van der Waals surface area contributed by atoms with Crippen molar-refractivity contribution in [3.05, 3.63) is 83.2 Å². The third-order valence-electron chi connectivity index (χ3n) is 6.18. The van der Waals surface area contributed by atoms with Gasteiger partial charge in [0, 0.05) is 18.7 Å². The molecule has 1 amide bonds. The molecule has 0 N–H and O–H groups in total. The largest absolute Gasteiger partial charge is 0.376 e. The molecule has 1 fully saturated rings. The van der Waals surface area contributed by atoms with Gasteiger partial charge in [-0.25, -0.2) is 22.2 Å². The highest BCUT2D eigenvalue weighted by molar-refractivity contribution is 7.90. The fraction of sp³-hybridized carbons (Fsp3) is 0.407. The highest BCUT2D eigenvalue weighted by Gasteiger charge is 2.29. The van der Waals surface area contributed by atoms with Crippen molar-refractivity contribution in [1.82, 2.24) is 14.5 Å². The number of halogens is 2. The summed E-state index contributed by atoms with van der Waals surface area (Å²) in [6, 6.07) is 10.7. The van der Waals surface area contributed by atoms with Gasteiger partial charge in [-0.05, 0) is 60.7 Å². The first-order chi connectivity index (χ1) is 17.6. The van der Waals surface area contributed by atoms with Gasteiger partial charge in [-0.1, -0.05) is 26.0 Å². The molecule has 0 unspecified atom stereocenters. The molecule has 1 aromatic heterocycles. The normalized spacial score (nSPS) is 15.9. The monoisotopic (exact) mass is 531 g/mol. The van der Waals surface area contributed by atoms with Crippen LogP contribution in [0.3, 0.4) is 0 Å². The van der Waals surface area contributed by atoms with Crippen molar-refractivity contribution in [2.45, 2.75) is 56.8 Å². The van der Waals surface area contributed by atoms with E-state index in [1.807, 2.05) is 13.8 Å². The van der Waals surface area contributed by atoms with Crippen molar-refractivity contribution < 1.29 is 26.7 Å². The molecule has 10 heteroatoms. The minimum Gasteiger partial charge on any atom is -0.376 e. The molecule has 0 aliphatic carbocycles. The molecule has 198 valence electrons. The molecule has 7 nitrogen and oxygen atoms in total. The van der Waals surface area contributed by atoms with Gasteiger partial charge in [-0.2, -0.15) is 0 Å². The maximum absolute atomic E-state index is 13.4. The number of nitrogens with zero attached hydrogens (tertiary/aromatic N) is 3. The Kier molecular flexibility index (Phi) is 8.39. The van der Waals surface area contributed by atoms with Crippen molar-refractivity contribution >= 4 is 15.7 Å². The maximum atomic E-state index is 13.4. The van der Waals surface area contributed by atoms with Crippen LogP contribution in [0.4, 0.5) is 8.78 Å². The second-order valence-electron chi connectivity index (χ2n) is 9.75. The first kappa shape index (κ1) is 26.9. The maximum Gasteiger partial charge on any atom is 0.254 e. The molecule has 0 bridgehead atoms. The number of aromatic nitrogens is 2. The Balaban J connectivity index is 1.67. The van der Waals surface area contributed by atoms with Gasteiger partial charge in [0.2, 0.25) is 15.0 Å². The molecular weight excluding hydrogens is 500 g/mol. The second kappa shape index (κ2) is 11.5. The number of imidazole rings is 1. The fourth-order valence-corrected chi connectivity index (χ4v) is 5.95. The number of ether oxygens (including phenoxy) is 1. The van der Waals surface area contributed by atoms with Gasteiger partial charge in [0.25, 0.3) is 5.91 Å². The summed E-state index contributed by atoms with van der Waals surface area (Å²) >= 11 is 0. The van der Waals surface area contributed by atoms with Gasteiger partial charge in [0.15, 0.2) is 0 Å². The number of sulfone groups is 1. The molecule has 4 rings (SSSR count). The molecule has 37 heavy (non-hydrogen) atoms. The molecule has 1 aliphatic heterocycles. The van der Waals surface area contributed by atoms with Crippen LogP contribution in [-0.2, 0) is 33.4 Å². The standard InChI is InChI=1S/C27H31F2N3O4S/c1-19(2)15-31(26(33)21-7-11-23(29)12-8-21)16-24-14-30-27(32(24)17-25-4-3-13-36-25)37(34,35)18-20-5-9-22(28)10-6-20/h5-12,14,19,25H,3-4,13,15-18H2,1-2H3/t25-/m1/s1. The third-order valence-corrected chi connectivity index (χ3v) is 7.77. The number of rotatable bonds is 10. The van der Waals surface area contributed by atoms with E-state index in [9.17, 15) is 22.0 Å². The minimum absolute atomic E-state index is 0.110. The molecule has 1 atom stereocenters. The van der Waals surface area contributed by atoms with Gasteiger partial charge >= 0.3 is 0 Å². The van der Waals surface area contributed by atoms with Gasteiger partial charge in [0.1, 0.15) is 11.6 Å². The Morgan fingerprint density at radius 3 is 2.35 bits per heavy atom. The SMILES string of the molecule is CC(C)CN(Cc1cnc(S(=O)(=O)Cc2ccc(F)cc2)n1C[C@H]1CCCO1)C(=O)c1ccc(F)cc1. The van der Waals surface area contributed by atoms with Crippen LogP contribution < -0.4 is 0 Å². The van der Waals surface area contributed by atoms with E-state index in [4.69, 9.17) is 4.74 Å². The zero-order valence-corrected chi connectivity index (χ0v) is 21.8. The molecule has 0 radical (unpaired) electrons. The van der Waals surface area contributed by atoms with Crippen LogP contribution >= 0.6 is 0 Å². The second-order valence-corrected chi connectivity index (χ2v) is 11.6. The summed E-state index contributed by atoms with van der Waals surface area (Å²) in [5.41, 5.74) is 1.35. The molecule has 1 saturated heterocycles. The number of hydrogen-bond acceptors (Lipinski definition) is 5. The third kappa shape index (κ3) is 6.81. The van der Waals surface area contributed by atoms with E-state index >= 15 is 0 Å². The van der Waals surface area contributed by atoms with Crippen molar-refractivity contribution in [3.8, 4) is 0 Å². The topological polar surface area (TPSA) is 81.5 Å². The van der Waals surface area contributed by atoms with Crippen LogP contribution in [0.1, 0.15) is 48.3 Å². The zero-order valence-electron chi connectivity index (χ0n) is 20.9. The molecule has 2 heterocycles. The quantitative estimate of drug-likeness (QED) is 0.382. The van der Waals surface area contributed by atoms with Crippen LogP contribution in [0.5, 0.6) is 0 Å². The van der Waals surface area contributed by atoms with Crippen molar-refractivity contribution in [2.75, 3.05) is 13.2 Å². The molecule has 1 aliphatic rings. The average Bonchev–Trinajstić information content (AvgIpc) is 3.51. The zero-order chi connectivity index (χ0) is 26.6. The highest BCUT2D eigenvalue weighted by Crippen LogP contribution is 2.23. The van der Waals surface area contributed by atoms with E-state index in [1.165, 1.54) is 54.7 Å². The molecule has 0 spiro atoms. The van der Waals surface area contributed by atoms with Crippen LogP contribution in [0.15, 0.2) is 59.9 Å². The van der Waals surface area contributed by atoms with Crippen LogP contribution in [0.25, 0.3) is 0 Å². The highest BCUT2D eigenvalue weighted by atomic mass is 32.2.